The predicted molar refractivity (Wildman–Crippen MR) is 150 cm³/mol. The molecule has 0 unspecified atom stereocenters. The van der Waals surface area contributed by atoms with Gasteiger partial charge in [-0.3, -0.25) is 14.5 Å². The largest absolute Gasteiger partial charge is 0.494 e. The van der Waals surface area contributed by atoms with Crippen LogP contribution in [0.4, 0.5) is 11.4 Å². The molecule has 3 aromatic carbocycles. The summed E-state index contributed by atoms with van der Waals surface area (Å²) in [5.41, 5.74) is 4.47. The minimum atomic E-state index is -0.250. The van der Waals surface area contributed by atoms with Crippen LogP contribution in [0, 0.1) is 13.8 Å². The summed E-state index contributed by atoms with van der Waals surface area (Å²) in [6.45, 7) is 6.38. The molecule has 0 bridgehead atoms. The third-order valence-electron chi connectivity index (χ3n) is 5.52. The van der Waals surface area contributed by atoms with Gasteiger partial charge in [-0.15, -0.1) is 0 Å². The van der Waals surface area contributed by atoms with Gasteiger partial charge in [0, 0.05) is 5.69 Å². The molecule has 0 spiro atoms. The first-order valence-electron chi connectivity index (χ1n) is 11.4. The number of carbonyl (C=O) groups is 2. The summed E-state index contributed by atoms with van der Waals surface area (Å²) < 4.78 is 11.6. The SMILES string of the molecule is CCOc1ccc(N2C(=O)/C(=C/c3cccc(OCC(=O)Nc4ccc(C)c(C)c4)c3)SC2=S)cc1. The highest BCUT2D eigenvalue weighted by Gasteiger charge is 2.33. The Morgan fingerprint density at radius 2 is 1.78 bits per heavy atom. The van der Waals surface area contributed by atoms with E-state index in [-0.39, 0.29) is 18.4 Å². The standard InChI is InChI=1S/C28H26N2O4S2/c1-4-33-23-12-10-22(11-13-23)30-27(32)25(36-28(30)35)16-20-6-5-7-24(15-20)34-17-26(31)29-21-9-8-18(2)19(3)14-21/h5-16H,4,17H2,1-3H3,(H,29,31)/b25-16-. The number of thiocarbonyl (C=S) groups is 1. The van der Waals surface area contributed by atoms with E-state index in [1.807, 2.05) is 75.4 Å². The van der Waals surface area contributed by atoms with Gasteiger partial charge in [0.25, 0.3) is 11.8 Å². The third kappa shape index (κ3) is 6.13. The fraction of sp³-hybridized carbons (Fsp3) is 0.179. The molecule has 0 saturated carbocycles. The Morgan fingerprint density at radius 3 is 2.50 bits per heavy atom. The Bertz CT molecular complexity index is 1340. The molecule has 36 heavy (non-hydrogen) atoms. The molecule has 1 N–H and O–H groups in total. The Balaban J connectivity index is 1.40. The molecule has 184 valence electrons. The minimum absolute atomic E-state index is 0.129. The Hall–Kier alpha value is -3.62. The van der Waals surface area contributed by atoms with E-state index >= 15 is 0 Å². The molecule has 4 rings (SSSR count). The quantitative estimate of drug-likeness (QED) is 0.286. The average molecular weight is 519 g/mol. The number of hydrogen-bond acceptors (Lipinski definition) is 6. The van der Waals surface area contributed by atoms with Crippen molar-refractivity contribution in [1.82, 2.24) is 0 Å². The topological polar surface area (TPSA) is 67.9 Å². The van der Waals surface area contributed by atoms with Gasteiger partial charge in [0.05, 0.1) is 17.2 Å². The van der Waals surface area contributed by atoms with E-state index < -0.39 is 0 Å². The number of anilines is 2. The van der Waals surface area contributed by atoms with Gasteiger partial charge in [-0.2, -0.15) is 0 Å². The van der Waals surface area contributed by atoms with E-state index in [0.717, 1.165) is 28.1 Å². The first kappa shape index (κ1) is 25.5. The zero-order valence-corrected chi connectivity index (χ0v) is 21.9. The van der Waals surface area contributed by atoms with Crippen molar-refractivity contribution in [2.24, 2.45) is 0 Å². The summed E-state index contributed by atoms with van der Waals surface area (Å²) in [4.78, 5) is 27.4. The number of nitrogens with one attached hydrogen (secondary N) is 1. The molecular weight excluding hydrogens is 492 g/mol. The van der Waals surface area contributed by atoms with Crippen LogP contribution in [0.2, 0.25) is 0 Å². The van der Waals surface area contributed by atoms with Gasteiger partial charge in [-0.05, 0) is 92.1 Å². The summed E-state index contributed by atoms with van der Waals surface area (Å²) >= 11 is 6.71. The Labute approximate surface area is 220 Å². The highest BCUT2D eigenvalue weighted by atomic mass is 32.2. The van der Waals surface area contributed by atoms with Crippen LogP contribution in [0.5, 0.6) is 11.5 Å². The van der Waals surface area contributed by atoms with Gasteiger partial charge >= 0.3 is 0 Å². The normalized spacial score (nSPS) is 14.3. The Kier molecular flexibility index (Phi) is 8.07. The van der Waals surface area contributed by atoms with Crippen LogP contribution < -0.4 is 19.7 Å². The van der Waals surface area contributed by atoms with Gasteiger partial charge in [0.15, 0.2) is 10.9 Å². The lowest BCUT2D eigenvalue weighted by molar-refractivity contribution is -0.118. The fourth-order valence-corrected chi connectivity index (χ4v) is 4.86. The van der Waals surface area contributed by atoms with E-state index in [4.69, 9.17) is 21.7 Å². The first-order valence-corrected chi connectivity index (χ1v) is 12.7. The maximum absolute atomic E-state index is 13.1. The summed E-state index contributed by atoms with van der Waals surface area (Å²) in [6.07, 6.45) is 1.77. The monoisotopic (exact) mass is 518 g/mol. The zero-order valence-electron chi connectivity index (χ0n) is 20.2. The summed E-state index contributed by atoms with van der Waals surface area (Å²) in [5.74, 6) is 0.829. The van der Waals surface area contributed by atoms with Crippen molar-refractivity contribution >= 4 is 57.6 Å². The van der Waals surface area contributed by atoms with E-state index in [1.54, 1.807) is 18.2 Å². The van der Waals surface area contributed by atoms with E-state index in [2.05, 4.69) is 5.32 Å². The van der Waals surface area contributed by atoms with Crippen LogP contribution in [0.3, 0.4) is 0 Å². The summed E-state index contributed by atoms with van der Waals surface area (Å²) in [6, 6.07) is 20.3. The van der Waals surface area contributed by atoms with Crippen LogP contribution in [0.25, 0.3) is 6.08 Å². The number of nitrogens with zero attached hydrogens (tertiary/aromatic N) is 1. The number of benzene rings is 3. The number of thioether (sulfide) groups is 1. The van der Waals surface area contributed by atoms with E-state index in [0.29, 0.717) is 27.3 Å². The second-order valence-corrected chi connectivity index (χ2v) is 9.83. The van der Waals surface area contributed by atoms with Crippen LogP contribution in [-0.2, 0) is 9.59 Å². The van der Waals surface area contributed by atoms with Gasteiger partial charge in [0.2, 0.25) is 0 Å². The second-order valence-electron chi connectivity index (χ2n) is 8.15. The van der Waals surface area contributed by atoms with Gasteiger partial charge in [0.1, 0.15) is 11.5 Å². The predicted octanol–water partition coefficient (Wildman–Crippen LogP) is 6.13. The van der Waals surface area contributed by atoms with Crippen molar-refractivity contribution in [2.75, 3.05) is 23.4 Å². The molecule has 8 heteroatoms. The number of aryl methyl sites for hydroxylation is 2. The molecular formula is C28H26N2O4S2. The molecule has 0 atom stereocenters. The van der Waals surface area contributed by atoms with Crippen LogP contribution in [0.1, 0.15) is 23.6 Å². The number of hydrogen-bond donors (Lipinski definition) is 1. The highest BCUT2D eigenvalue weighted by molar-refractivity contribution is 8.27. The molecule has 6 nitrogen and oxygen atoms in total. The van der Waals surface area contributed by atoms with Gasteiger partial charge < -0.3 is 14.8 Å². The first-order chi connectivity index (χ1) is 17.3. The number of ether oxygens (including phenoxy) is 2. The van der Waals surface area contributed by atoms with Gasteiger partial charge in [-0.25, -0.2) is 0 Å². The number of carbonyl (C=O) groups excluding carboxylic acids is 2. The molecule has 0 radical (unpaired) electrons. The lowest BCUT2D eigenvalue weighted by atomic mass is 10.1. The van der Waals surface area contributed by atoms with Crippen molar-refractivity contribution in [3.8, 4) is 11.5 Å². The number of amides is 2. The number of rotatable bonds is 8. The fourth-order valence-electron chi connectivity index (χ4n) is 3.56. The molecule has 0 aliphatic carbocycles. The molecule has 0 aromatic heterocycles. The smallest absolute Gasteiger partial charge is 0.270 e. The van der Waals surface area contributed by atoms with Crippen molar-refractivity contribution in [3.63, 3.8) is 0 Å². The lowest BCUT2D eigenvalue weighted by Crippen LogP contribution is -2.27. The molecule has 1 aliphatic heterocycles. The maximum Gasteiger partial charge on any atom is 0.270 e. The zero-order chi connectivity index (χ0) is 25.7. The Morgan fingerprint density at radius 1 is 1.00 bits per heavy atom. The van der Waals surface area contributed by atoms with Crippen molar-refractivity contribution in [1.29, 1.82) is 0 Å². The van der Waals surface area contributed by atoms with Crippen molar-refractivity contribution < 1.29 is 19.1 Å². The van der Waals surface area contributed by atoms with Gasteiger partial charge in [-0.1, -0.05) is 42.2 Å². The van der Waals surface area contributed by atoms with Crippen molar-refractivity contribution in [2.45, 2.75) is 20.8 Å². The summed E-state index contributed by atoms with van der Waals surface area (Å²) in [5, 5.41) is 2.84. The van der Waals surface area contributed by atoms with Crippen LogP contribution in [-0.4, -0.2) is 29.3 Å². The molecule has 3 aromatic rings. The molecule has 1 aliphatic rings. The highest BCUT2D eigenvalue weighted by Crippen LogP contribution is 2.36. The molecule has 2 amide bonds. The molecule has 1 fully saturated rings. The van der Waals surface area contributed by atoms with Crippen molar-refractivity contribution in [3.05, 3.63) is 88.3 Å². The van der Waals surface area contributed by atoms with Crippen LogP contribution in [0.15, 0.2) is 71.6 Å². The van der Waals surface area contributed by atoms with Crippen LogP contribution >= 0.6 is 24.0 Å². The average Bonchev–Trinajstić information content (AvgIpc) is 3.13. The molecule has 1 saturated heterocycles. The summed E-state index contributed by atoms with van der Waals surface area (Å²) in [7, 11) is 0. The third-order valence-corrected chi connectivity index (χ3v) is 6.82. The molecule has 1 heterocycles. The van der Waals surface area contributed by atoms with E-state index in [1.165, 1.54) is 16.7 Å². The minimum Gasteiger partial charge on any atom is -0.494 e. The van der Waals surface area contributed by atoms with E-state index in [9.17, 15) is 9.59 Å². The lowest BCUT2D eigenvalue weighted by Gasteiger charge is -2.15. The second kappa shape index (κ2) is 11.4. The maximum atomic E-state index is 13.1.